The van der Waals surface area contributed by atoms with Crippen molar-refractivity contribution in [3.63, 3.8) is 0 Å². The van der Waals surface area contributed by atoms with Gasteiger partial charge >= 0.3 is 6.18 Å². The number of alkyl halides is 3. The molecule has 0 radical (unpaired) electrons. The molecular formula is C40H59F4NO. The Morgan fingerprint density at radius 1 is 0.935 bits per heavy atom. The molecule has 2 aromatic rings. The van der Waals surface area contributed by atoms with Crippen molar-refractivity contribution in [3.8, 4) is 0 Å². The van der Waals surface area contributed by atoms with E-state index in [2.05, 4.69) is 32.7 Å². The van der Waals surface area contributed by atoms with Crippen molar-refractivity contribution in [1.82, 2.24) is 4.98 Å². The summed E-state index contributed by atoms with van der Waals surface area (Å²) < 4.78 is 58.7. The number of allylic oxidation sites excluding steroid dienone is 1. The van der Waals surface area contributed by atoms with Crippen molar-refractivity contribution in [1.29, 1.82) is 0 Å². The van der Waals surface area contributed by atoms with E-state index >= 15 is 0 Å². The zero-order valence-electron chi connectivity index (χ0n) is 29.3. The van der Waals surface area contributed by atoms with Crippen molar-refractivity contribution in [2.24, 2.45) is 17.8 Å². The molecule has 3 aliphatic rings. The van der Waals surface area contributed by atoms with Crippen LogP contribution in [0.15, 0.2) is 53.9 Å². The lowest BCUT2D eigenvalue weighted by Crippen LogP contribution is -2.46. The van der Waals surface area contributed by atoms with Gasteiger partial charge in [0.1, 0.15) is 5.82 Å². The van der Waals surface area contributed by atoms with Gasteiger partial charge in [-0.05, 0) is 129 Å². The Morgan fingerprint density at radius 2 is 1.61 bits per heavy atom. The lowest BCUT2D eigenvalue weighted by atomic mass is 9.69. The van der Waals surface area contributed by atoms with Gasteiger partial charge in [-0.15, -0.1) is 0 Å². The summed E-state index contributed by atoms with van der Waals surface area (Å²) in [5, 5.41) is 0. The molecule has 0 N–H and O–H groups in total. The summed E-state index contributed by atoms with van der Waals surface area (Å²) in [6, 6.07) is 8.25. The summed E-state index contributed by atoms with van der Waals surface area (Å²) in [5.41, 5.74) is 4.37. The van der Waals surface area contributed by atoms with Gasteiger partial charge in [-0.3, -0.25) is 4.98 Å². The second-order valence-corrected chi connectivity index (χ2v) is 13.6. The van der Waals surface area contributed by atoms with E-state index in [1.807, 2.05) is 26.0 Å². The average molecular weight is 646 g/mol. The van der Waals surface area contributed by atoms with Crippen LogP contribution in [0.3, 0.4) is 0 Å². The minimum atomic E-state index is -4.34. The number of pyridine rings is 1. The first-order valence-electron chi connectivity index (χ1n) is 18.2. The summed E-state index contributed by atoms with van der Waals surface area (Å²) in [6.45, 7) is 13.8. The van der Waals surface area contributed by atoms with Crippen molar-refractivity contribution < 1.29 is 22.3 Å². The van der Waals surface area contributed by atoms with Crippen molar-refractivity contribution in [2.45, 2.75) is 149 Å². The summed E-state index contributed by atoms with van der Waals surface area (Å²) in [4.78, 5) is 3.87. The molecule has 1 aromatic carbocycles. The topological polar surface area (TPSA) is 22.1 Å². The molecule has 5 rings (SSSR count). The van der Waals surface area contributed by atoms with E-state index in [1.165, 1.54) is 69.4 Å². The molecule has 0 amide bonds. The molecule has 6 heteroatoms. The van der Waals surface area contributed by atoms with Gasteiger partial charge in [-0.2, -0.15) is 13.2 Å². The van der Waals surface area contributed by atoms with Gasteiger partial charge in [0.05, 0.1) is 17.8 Å². The number of hydrogen-bond acceptors (Lipinski definition) is 2. The van der Waals surface area contributed by atoms with Crippen LogP contribution in [0.5, 0.6) is 0 Å². The number of hydrogen-bond donors (Lipinski definition) is 0. The number of aromatic nitrogens is 1. The molecule has 4 atom stereocenters. The molecule has 2 heterocycles. The standard InChI is InChI=1S/C25H34F3NO.C13H19F.C2H6/c1-3-18-9-10-24(30-16-18)17(2)11-19(7-8-23(24)21-5-4-6-21)12-20-13-22(15-29-14-20)25(26,27)28;1-3-5-11(6-4-2)12-7-9-13(14)10-8-12;1-2/h13-15,17-19H,3-12,16H2,1-2H3;7-11H,3-6H2,1-2H3;1-2H3. The zero-order chi connectivity index (χ0) is 33.7. The summed E-state index contributed by atoms with van der Waals surface area (Å²) >= 11 is 0. The van der Waals surface area contributed by atoms with Crippen LogP contribution in [-0.2, 0) is 17.3 Å². The van der Waals surface area contributed by atoms with Crippen LogP contribution in [-0.4, -0.2) is 17.2 Å². The van der Waals surface area contributed by atoms with Crippen LogP contribution in [0.1, 0.15) is 148 Å². The number of ether oxygens (including phenoxy) is 1. The number of nitrogens with zero attached hydrogens (tertiary/aromatic N) is 1. The molecule has 258 valence electrons. The molecule has 46 heavy (non-hydrogen) atoms. The molecule has 3 fully saturated rings. The fourth-order valence-electron chi connectivity index (χ4n) is 7.77. The van der Waals surface area contributed by atoms with Gasteiger partial charge < -0.3 is 4.74 Å². The molecular weight excluding hydrogens is 586 g/mol. The van der Waals surface area contributed by atoms with Gasteiger partial charge in [0.2, 0.25) is 0 Å². The highest BCUT2D eigenvalue weighted by Crippen LogP contribution is 2.51. The highest BCUT2D eigenvalue weighted by atomic mass is 19.4. The fourth-order valence-corrected chi connectivity index (χ4v) is 7.77. The average Bonchev–Trinajstić information content (AvgIpc) is 3.14. The monoisotopic (exact) mass is 645 g/mol. The minimum absolute atomic E-state index is 0.137. The predicted molar refractivity (Wildman–Crippen MR) is 182 cm³/mol. The Hall–Kier alpha value is -2.21. The first-order chi connectivity index (χ1) is 22.1. The quantitative estimate of drug-likeness (QED) is 0.210. The third-order valence-corrected chi connectivity index (χ3v) is 10.5. The van der Waals surface area contributed by atoms with E-state index in [0.717, 1.165) is 38.5 Å². The number of rotatable bonds is 8. The van der Waals surface area contributed by atoms with Crippen LogP contribution in [0, 0.1) is 23.6 Å². The van der Waals surface area contributed by atoms with Crippen molar-refractivity contribution in [3.05, 3.63) is 76.4 Å². The minimum Gasteiger partial charge on any atom is -0.370 e. The highest BCUT2D eigenvalue weighted by molar-refractivity contribution is 5.31. The zero-order valence-corrected chi connectivity index (χ0v) is 29.3. The summed E-state index contributed by atoms with van der Waals surface area (Å²) in [5.74, 6) is 1.90. The summed E-state index contributed by atoms with van der Waals surface area (Å²) in [7, 11) is 0. The molecule has 2 aliphatic carbocycles. The van der Waals surface area contributed by atoms with Crippen LogP contribution in [0.4, 0.5) is 17.6 Å². The molecule has 1 aliphatic heterocycles. The Morgan fingerprint density at radius 3 is 2.13 bits per heavy atom. The van der Waals surface area contributed by atoms with E-state index < -0.39 is 11.7 Å². The number of benzene rings is 1. The number of halogens is 4. The van der Waals surface area contributed by atoms with Gasteiger partial charge in [0.25, 0.3) is 0 Å². The normalized spacial score (nSPS) is 24.8. The van der Waals surface area contributed by atoms with E-state index in [1.54, 1.807) is 29.5 Å². The second-order valence-electron chi connectivity index (χ2n) is 13.6. The Balaban J connectivity index is 0.000000303. The summed E-state index contributed by atoms with van der Waals surface area (Å²) in [6.07, 6.45) is 13.9. The maximum absolute atomic E-state index is 13.1. The third kappa shape index (κ3) is 10.1. The SMILES string of the molecule is CC.CCC1CCC2(OC1)C(=C1CCC1)CCC(Cc1cncc(C(F)(F)F)c1)CC2C.CCCC(CCC)c1ccc(F)cc1. The molecule has 2 nitrogen and oxygen atoms in total. The van der Waals surface area contributed by atoms with E-state index in [-0.39, 0.29) is 11.4 Å². The van der Waals surface area contributed by atoms with Crippen molar-refractivity contribution in [2.75, 3.05) is 6.61 Å². The maximum atomic E-state index is 13.1. The third-order valence-electron chi connectivity index (χ3n) is 10.5. The predicted octanol–water partition coefficient (Wildman–Crippen LogP) is 12.7. The molecule has 1 aromatic heterocycles. The van der Waals surface area contributed by atoms with Gasteiger partial charge in [-0.1, -0.05) is 78.5 Å². The lowest BCUT2D eigenvalue weighted by Gasteiger charge is -2.47. The molecule has 1 spiro atoms. The van der Waals surface area contributed by atoms with E-state index in [4.69, 9.17) is 4.74 Å². The Labute approximate surface area is 276 Å². The van der Waals surface area contributed by atoms with E-state index in [0.29, 0.717) is 35.7 Å². The van der Waals surface area contributed by atoms with Crippen LogP contribution in [0.25, 0.3) is 0 Å². The van der Waals surface area contributed by atoms with Crippen LogP contribution in [0.2, 0.25) is 0 Å². The molecule has 2 saturated carbocycles. The lowest BCUT2D eigenvalue weighted by molar-refractivity contribution is -0.137. The largest absolute Gasteiger partial charge is 0.417 e. The Bertz CT molecular complexity index is 1180. The van der Waals surface area contributed by atoms with Crippen molar-refractivity contribution >= 4 is 0 Å². The first-order valence-corrected chi connectivity index (χ1v) is 18.2. The highest BCUT2D eigenvalue weighted by Gasteiger charge is 2.47. The fraction of sp³-hybridized carbons (Fsp3) is 0.675. The molecule has 0 bridgehead atoms. The van der Waals surface area contributed by atoms with E-state index in [9.17, 15) is 17.6 Å². The Kier molecular flexibility index (Phi) is 15.3. The first kappa shape index (κ1) is 38.2. The van der Waals surface area contributed by atoms with Gasteiger partial charge in [0, 0.05) is 12.4 Å². The second kappa shape index (κ2) is 18.4. The molecule has 4 unspecified atom stereocenters. The van der Waals surface area contributed by atoms with Crippen LogP contribution >= 0.6 is 0 Å². The van der Waals surface area contributed by atoms with Gasteiger partial charge in [0.15, 0.2) is 0 Å². The smallest absolute Gasteiger partial charge is 0.370 e. The maximum Gasteiger partial charge on any atom is 0.417 e. The van der Waals surface area contributed by atoms with Crippen LogP contribution < -0.4 is 0 Å². The van der Waals surface area contributed by atoms with Gasteiger partial charge in [-0.25, -0.2) is 4.39 Å². The molecule has 1 saturated heterocycles.